The van der Waals surface area contributed by atoms with Crippen LogP contribution in [0.4, 0.5) is 5.69 Å². The number of aryl methyl sites for hydroxylation is 1. The van der Waals surface area contributed by atoms with Crippen molar-refractivity contribution in [2.75, 3.05) is 5.32 Å². The molecule has 0 saturated carbocycles. The highest BCUT2D eigenvalue weighted by atomic mass is 79.9. The molecule has 1 aromatic rings. The predicted octanol–water partition coefficient (Wildman–Crippen LogP) is 4.28. The Morgan fingerprint density at radius 1 is 1.31 bits per heavy atom. The molecule has 0 aliphatic heterocycles. The topological polar surface area (TPSA) is 12.0 Å². The minimum Gasteiger partial charge on any atom is -0.348 e. The van der Waals surface area contributed by atoms with Crippen LogP contribution < -0.4 is 5.32 Å². The third kappa shape index (κ3) is 3.04. The van der Waals surface area contributed by atoms with Crippen molar-refractivity contribution in [1.82, 2.24) is 0 Å². The van der Waals surface area contributed by atoms with Gasteiger partial charge in [-0.3, -0.25) is 0 Å². The van der Waals surface area contributed by atoms with Gasteiger partial charge in [-0.05, 0) is 63.4 Å². The van der Waals surface area contributed by atoms with Crippen LogP contribution in [0.2, 0.25) is 0 Å². The van der Waals surface area contributed by atoms with Gasteiger partial charge in [0.1, 0.15) is 0 Å². The quantitative estimate of drug-likeness (QED) is 0.774. The molecule has 0 fully saturated rings. The molecule has 0 aliphatic carbocycles. The van der Waals surface area contributed by atoms with Gasteiger partial charge in [0.15, 0.2) is 0 Å². The zero-order valence-corrected chi connectivity index (χ0v) is 11.3. The fourth-order valence-corrected chi connectivity index (χ4v) is 2.71. The lowest BCUT2D eigenvalue weighted by atomic mass is 10.2. The molecule has 0 radical (unpaired) electrons. The Kier molecular flexibility index (Phi) is 3.88. The molecule has 0 amide bonds. The molecular weight excluding hydrogens is 314 g/mol. The van der Waals surface area contributed by atoms with E-state index in [0.717, 1.165) is 19.6 Å². The average molecular weight is 323 g/mol. The van der Waals surface area contributed by atoms with Crippen LogP contribution in [0.5, 0.6) is 0 Å². The lowest BCUT2D eigenvalue weighted by molar-refractivity contribution is 1.42. The maximum Gasteiger partial charge on any atom is 0.0766 e. The van der Waals surface area contributed by atoms with Crippen LogP contribution >= 0.6 is 44.1 Å². The van der Waals surface area contributed by atoms with E-state index in [1.54, 1.807) is 0 Å². The number of nitrogens with one attached hydrogen (secondary N) is 1. The molecule has 70 valence electrons. The molecule has 0 atom stereocenters. The number of halogens is 2. The first kappa shape index (κ1) is 11.1. The third-order valence-electron chi connectivity index (χ3n) is 1.49. The minimum absolute atomic E-state index is 0.755. The van der Waals surface area contributed by atoms with Crippen molar-refractivity contribution in [2.45, 2.75) is 13.8 Å². The largest absolute Gasteiger partial charge is 0.348 e. The molecule has 0 heterocycles. The van der Waals surface area contributed by atoms with E-state index in [2.05, 4.69) is 37.2 Å². The molecule has 0 aromatic heterocycles. The van der Waals surface area contributed by atoms with E-state index >= 15 is 0 Å². The fraction of sp³-hybridized carbons (Fsp3) is 0.222. The lowest BCUT2D eigenvalue weighted by Crippen LogP contribution is -2.04. The zero-order chi connectivity index (χ0) is 10.0. The molecule has 0 saturated heterocycles. The zero-order valence-electron chi connectivity index (χ0n) is 7.32. The molecule has 1 N–H and O–H groups in total. The standard InChI is InChI=1S/C9H9Br2NS/c1-5-3-7(10)9(8(11)4-5)12-6(2)13/h3-4H,1-2H3,(H,12,13). The summed E-state index contributed by atoms with van der Waals surface area (Å²) < 4.78 is 2.03. The van der Waals surface area contributed by atoms with Crippen LogP contribution in [0, 0.1) is 6.92 Å². The molecule has 0 unspecified atom stereocenters. The van der Waals surface area contributed by atoms with Gasteiger partial charge in [-0.1, -0.05) is 12.2 Å². The number of anilines is 1. The van der Waals surface area contributed by atoms with Crippen molar-refractivity contribution in [3.05, 3.63) is 26.6 Å². The van der Waals surface area contributed by atoms with Gasteiger partial charge in [-0.25, -0.2) is 0 Å². The molecule has 4 heteroatoms. The van der Waals surface area contributed by atoms with Gasteiger partial charge in [-0.15, -0.1) is 0 Å². The summed E-state index contributed by atoms with van der Waals surface area (Å²) in [5.74, 6) is 0. The van der Waals surface area contributed by atoms with Gasteiger partial charge in [0.2, 0.25) is 0 Å². The molecule has 1 aromatic carbocycles. The van der Waals surface area contributed by atoms with Gasteiger partial charge >= 0.3 is 0 Å². The maximum absolute atomic E-state index is 4.98. The van der Waals surface area contributed by atoms with Crippen molar-refractivity contribution < 1.29 is 0 Å². The summed E-state index contributed by atoms with van der Waals surface area (Å²) in [5.41, 5.74) is 2.18. The van der Waals surface area contributed by atoms with Gasteiger partial charge in [0, 0.05) is 8.95 Å². The van der Waals surface area contributed by atoms with E-state index in [1.807, 2.05) is 26.0 Å². The van der Waals surface area contributed by atoms with Gasteiger partial charge < -0.3 is 5.32 Å². The summed E-state index contributed by atoms with van der Waals surface area (Å²) in [7, 11) is 0. The number of hydrogen-bond acceptors (Lipinski definition) is 1. The fourth-order valence-electron chi connectivity index (χ4n) is 0.995. The van der Waals surface area contributed by atoms with Crippen molar-refractivity contribution >= 4 is 54.8 Å². The van der Waals surface area contributed by atoms with E-state index in [4.69, 9.17) is 12.2 Å². The van der Waals surface area contributed by atoms with Crippen LogP contribution in [-0.4, -0.2) is 4.99 Å². The number of hydrogen-bond donors (Lipinski definition) is 1. The normalized spacial score (nSPS) is 9.85. The Labute approximate surface area is 100 Å². The van der Waals surface area contributed by atoms with Crippen molar-refractivity contribution in [1.29, 1.82) is 0 Å². The molecular formula is C9H9Br2NS. The van der Waals surface area contributed by atoms with Gasteiger partial charge in [0.25, 0.3) is 0 Å². The van der Waals surface area contributed by atoms with E-state index in [1.165, 1.54) is 5.56 Å². The van der Waals surface area contributed by atoms with Crippen LogP contribution in [0.25, 0.3) is 0 Å². The summed E-state index contributed by atoms with van der Waals surface area (Å²) in [6.45, 7) is 3.90. The van der Waals surface area contributed by atoms with Crippen LogP contribution in [-0.2, 0) is 0 Å². The number of thiocarbonyl (C=S) groups is 1. The highest BCUT2D eigenvalue weighted by Gasteiger charge is 2.05. The van der Waals surface area contributed by atoms with Crippen molar-refractivity contribution in [3.8, 4) is 0 Å². The minimum atomic E-state index is 0.755. The van der Waals surface area contributed by atoms with Crippen LogP contribution in [0.1, 0.15) is 12.5 Å². The Hall–Kier alpha value is 0.0700. The average Bonchev–Trinajstić information content (AvgIpc) is 1.96. The second-order valence-corrected chi connectivity index (χ2v) is 5.11. The maximum atomic E-state index is 4.98. The SMILES string of the molecule is CC(=S)Nc1c(Br)cc(C)cc1Br. The van der Waals surface area contributed by atoms with E-state index in [-0.39, 0.29) is 0 Å². The smallest absolute Gasteiger partial charge is 0.0766 e. The summed E-state index contributed by atoms with van der Waals surface area (Å²) in [6, 6.07) is 4.09. The monoisotopic (exact) mass is 321 g/mol. The van der Waals surface area contributed by atoms with Gasteiger partial charge in [-0.2, -0.15) is 0 Å². The Morgan fingerprint density at radius 3 is 2.15 bits per heavy atom. The summed E-state index contributed by atoms with van der Waals surface area (Å²) in [4.78, 5) is 0.755. The van der Waals surface area contributed by atoms with E-state index < -0.39 is 0 Å². The van der Waals surface area contributed by atoms with E-state index in [9.17, 15) is 0 Å². The molecule has 0 spiro atoms. The van der Waals surface area contributed by atoms with Crippen LogP contribution in [0.15, 0.2) is 21.1 Å². The third-order valence-corrected chi connectivity index (χ3v) is 2.84. The highest BCUT2D eigenvalue weighted by Crippen LogP contribution is 2.32. The first-order valence-corrected chi connectivity index (χ1v) is 5.73. The first-order chi connectivity index (χ1) is 6.00. The number of benzene rings is 1. The Morgan fingerprint density at radius 2 is 1.77 bits per heavy atom. The predicted molar refractivity (Wildman–Crippen MR) is 68.5 cm³/mol. The summed E-state index contributed by atoms with van der Waals surface area (Å²) >= 11 is 11.9. The van der Waals surface area contributed by atoms with Crippen molar-refractivity contribution in [2.24, 2.45) is 0 Å². The molecule has 1 rings (SSSR count). The molecule has 0 bridgehead atoms. The summed E-state index contributed by atoms with van der Waals surface area (Å²) in [6.07, 6.45) is 0. The first-order valence-electron chi connectivity index (χ1n) is 3.74. The Balaban J connectivity index is 3.13. The molecule has 0 aliphatic rings. The van der Waals surface area contributed by atoms with Gasteiger partial charge in [0.05, 0.1) is 10.7 Å². The van der Waals surface area contributed by atoms with Crippen molar-refractivity contribution in [3.63, 3.8) is 0 Å². The molecule has 1 nitrogen and oxygen atoms in total. The second kappa shape index (κ2) is 4.53. The molecule has 13 heavy (non-hydrogen) atoms. The summed E-state index contributed by atoms with van der Waals surface area (Å²) in [5, 5.41) is 3.11. The lowest BCUT2D eigenvalue weighted by Gasteiger charge is -2.10. The second-order valence-electron chi connectivity index (χ2n) is 2.78. The Bertz CT molecular complexity index is 326. The number of rotatable bonds is 1. The highest BCUT2D eigenvalue weighted by molar-refractivity contribution is 9.11. The van der Waals surface area contributed by atoms with Crippen LogP contribution in [0.3, 0.4) is 0 Å². The van der Waals surface area contributed by atoms with E-state index in [0.29, 0.717) is 0 Å².